The minimum absolute atomic E-state index is 0.389. The van der Waals surface area contributed by atoms with Gasteiger partial charge in [0.2, 0.25) is 0 Å². The summed E-state index contributed by atoms with van der Waals surface area (Å²) in [7, 11) is 0. The number of alkyl halides is 1. The summed E-state index contributed by atoms with van der Waals surface area (Å²) in [5.41, 5.74) is 0. The van der Waals surface area contributed by atoms with E-state index in [0.29, 0.717) is 11.3 Å². The first-order chi connectivity index (χ1) is 3.70. The quantitative estimate of drug-likeness (QED) is 0.635. The topological polar surface area (TPSA) is 0 Å². The van der Waals surface area contributed by atoms with E-state index in [4.69, 9.17) is 11.6 Å². The van der Waals surface area contributed by atoms with Gasteiger partial charge in [0, 0.05) is 5.38 Å². The van der Waals surface area contributed by atoms with Gasteiger partial charge in [-0.05, 0) is 44.2 Å². The maximum atomic E-state index is 5.71. The second-order valence-corrected chi connectivity index (χ2v) is 5.21. The van der Waals surface area contributed by atoms with Crippen LogP contribution < -0.4 is 0 Å². The summed E-state index contributed by atoms with van der Waals surface area (Å²) in [5, 5.41) is 0.389. The molecular formula is C5H5Br2Cl. The fourth-order valence-corrected chi connectivity index (χ4v) is 1.47. The Kier molecular flexibility index (Phi) is 2.41. The molecule has 0 N–H and O–H groups in total. The molecule has 0 unspecified atom stereocenters. The van der Waals surface area contributed by atoms with Crippen molar-refractivity contribution in [1.82, 2.24) is 0 Å². The third-order valence-electron chi connectivity index (χ3n) is 1.10. The van der Waals surface area contributed by atoms with E-state index < -0.39 is 0 Å². The van der Waals surface area contributed by atoms with Crippen LogP contribution in [0.3, 0.4) is 0 Å². The van der Waals surface area contributed by atoms with Gasteiger partial charge in [-0.1, -0.05) is 6.08 Å². The zero-order chi connectivity index (χ0) is 6.15. The molecule has 0 radical (unpaired) electrons. The van der Waals surface area contributed by atoms with Crippen LogP contribution in [0.5, 0.6) is 0 Å². The highest BCUT2D eigenvalue weighted by molar-refractivity contribution is 9.28. The Morgan fingerprint density at radius 1 is 1.62 bits per heavy atom. The monoisotopic (exact) mass is 258 g/mol. The molecule has 0 spiro atoms. The van der Waals surface area contributed by atoms with E-state index in [9.17, 15) is 0 Å². The molecule has 3 heteroatoms. The molecule has 0 amide bonds. The van der Waals surface area contributed by atoms with Crippen LogP contribution in [0.15, 0.2) is 9.47 Å². The molecule has 1 rings (SSSR count). The number of hydrogen-bond donors (Lipinski definition) is 0. The van der Waals surface area contributed by atoms with Gasteiger partial charge in [0.25, 0.3) is 0 Å². The summed E-state index contributed by atoms with van der Waals surface area (Å²) in [6.45, 7) is 0. The normalized spacial score (nSPS) is 34.4. The van der Waals surface area contributed by atoms with Crippen molar-refractivity contribution >= 4 is 43.5 Å². The van der Waals surface area contributed by atoms with E-state index in [1.165, 1.54) is 0 Å². The van der Waals surface area contributed by atoms with Gasteiger partial charge in [-0.2, -0.15) is 0 Å². The Morgan fingerprint density at radius 3 is 2.25 bits per heavy atom. The van der Waals surface area contributed by atoms with Crippen molar-refractivity contribution < 1.29 is 0 Å². The van der Waals surface area contributed by atoms with Crippen LogP contribution in [0.25, 0.3) is 0 Å². The van der Waals surface area contributed by atoms with Crippen LogP contribution >= 0.6 is 43.5 Å². The Hall–Kier alpha value is 0.990. The number of rotatable bonds is 1. The highest BCUT2D eigenvalue weighted by Crippen LogP contribution is 2.39. The predicted molar refractivity (Wildman–Crippen MR) is 43.7 cm³/mol. The van der Waals surface area contributed by atoms with Crippen LogP contribution in [-0.4, -0.2) is 5.38 Å². The second kappa shape index (κ2) is 2.72. The van der Waals surface area contributed by atoms with Gasteiger partial charge < -0.3 is 0 Å². The maximum absolute atomic E-state index is 5.71. The van der Waals surface area contributed by atoms with Crippen molar-refractivity contribution in [3.05, 3.63) is 9.47 Å². The van der Waals surface area contributed by atoms with Crippen molar-refractivity contribution in [1.29, 1.82) is 0 Å². The fourth-order valence-electron chi connectivity index (χ4n) is 0.516. The Labute approximate surface area is 70.5 Å². The van der Waals surface area contributed by atoms with Crippen LogP contribution in [-0.2, 0) is 0 Å². The first kappa shape index (κ1) is 7.10. The number of allylic oxidation sites excluding steroid dienone is 1. The second-order valence-electron chi connectivity index (χ2n) is 1.87. The molecule has 1 aliphatic carbocycles. The van der Waals surface area contributed by atoms with Gasteiger partial charge in [-0.25, -0.2) is 0 Å². The lowest BCUT2D eigenvalue weighted by Gasteiger charge is -1.80. The van der Waals surface area contributed by atoms with Crippen molar-refractivity contribution in [2.45, 2.75) is 11.8 Å². The van der Waals surface area contributed by atoms with Gasteiger partial charge in [0.15, 0.2) is 0 Å². The highest BCUT2D eigenvalue weighted by atomic mass is 79.9. The minimum atomic E-state index is 0.389. The smallest absolute Gasteiger partial charge is 0.0567 e. The van der Waals surface area contributed by atoms with E-state index in [-0.39, 0.29) is 0 Å². The fraction of sp³-hybridized carbons (Fsp3) is 0.600. The molecule has 0 heterocycles. The zero-order valence-electron chi connectivity index (χ0n) is 4.07. The summed E-state index contributed by atoms with van der Waals surface area (Å²) >= 11 is 12.2. The average molecular weight is 260 g/mol. The molecule has 0 saturated heterocycles. The highest BCUT2D eigenvalue weighted by Gasteiger charge is 2.32. The van der Waals surface area contributed by atoms with Crippen molar-refractivity contribution in [3.63, 3.8) is 0 Å². The summed E-state index contributed by atoms with van der Waals surface area (Å²) < 4.78 is 1.01. The lowest BCUT2D eigenvalue weighted by atomic mass is 10.4. The lowest BCUT2D eigenvalue weighted by molar-refractivity contribution is 1.13. The maximum Gasteiger partial charge on any atom is 0.0567 e. The van der Waals surface area contributed by atoms with E-state index >= 15 is 0 Å². The summed E-state index contributed by atoms with van der Waals surface area (Å²) in [6, 6.07) is 0. The molecule has 0 aliphatic heterocycles. The molecule has 0 aromatic rings. The van der Waals surface area contributed by atoms with Gasteiger partial charge in [-0.3, -0.25) is 0 Å². The first-order valence-corrected chi connectivity index (χ1v) is 4.39. The predicted octanol–water partition coefficient (Wildman–Crippen LogP) is 3.24. The number of halogens is 3. The van der Waals surface area contributed by atoms with Crippen LogP contribution in [0.1, 0.15) is 6.42 Å². The molecular weight excluding hydrogens is 255 g/mol. The molecule has 46 valence electrons. The summed E-state index contributed by atoms with van der Waals surface area (Å²) in [4.78, 5) is 0. The molecule has 0 nitrogen and oxygen atoms in total. The molecule has 1 aliphatic rings. The standard InChI is InChI=1S/C5H5Br2Cl/c6-5(7)2-3-1-4(3)8/h2-4H,1H2/t3-,4+/m0/s1. The molecule has 2 atom stereocenters. The van der Waals surface area contributed by atoms with E-state index in [2.05, 4.69) is 37.9 Å². The van der Waals surface area contributed by atoms with Gasteiger partial charge in [0.1, 0.15) is 0 Å². The molecule has 8 heavy (non-hydrogen) atoms. The molecule has 0 bridgehead atoms. The van der Waals surface area contributed by atoms with Gasteiger partial charge in [0.05, 0.1) is 3.39 Å². The Morgan fingerprint density at radius 2 is 2.12 bits per heavy atom. The molecule has 1 saturated carbocycles. The molecule has 1 fully saturated rings. The van der Waals surface area contributed by atoms with Crippen LogP contribution in [0, 0.1) is 5.92 Å². The van der Waals surface area contributed by atoms with E-state index in [1.54, 1.807) is 0 Å². The Bertz CT molecular complexity index is 118. The Balaban J connectivity index is 2.32. The van der Waals surface area contributed by atoms with E-state index in [0.717, 1.165) is 9.81 Å². The zero-order valence-corrected chi connectivity index (χ0v) is 8.00. The third kappa shape index (κ3) is 2.08. The third-order valence-corrected chi connectivity index (χ3v) is 2.13. The number of hydrogen-bond acceptors (Lipinski definition) is 0. The van der Waals surface area contributed by atoms with Crippen molar-refractivity contribution in [2.75, 3.05) is 0 Å². The van der Waals surface area contributed by atoms with Gasteiger partial charge in [-0.15, -0.1) is 11.6 Å². The minimum Gasteiger partial charge on any atom is -0.122 e. The van der Waals surface area contributed by atoms with Crippen molar-refractivity contribution in [2.24, 2.45) is 5.92 Å². The first-order valence-electron chi connectivity index (χ1n) is 2.37. The van der Waals surface area contributed by atoms with Crippen molar-refractivity contribution in [3.8, 4) is 0 Å². The summed E-state index contributed by atoms with van der Waals surface area (Å²) in [6.07, 6.45) is 3.21. The van der Waals surface area contributed by atoms with Crippen LogP contribution in [0.4, 0.5) is 0 Å². The van der Waals surface area contributed by atoms with E-state index in [1.807, 2.05) is 0 Å². The molecule has 0 aromatic carbocycles. The SMILES string of the molecule is Cl[C@@H]1C[C@H]1C=C(Br)Br. The van der Waals surface area contributed by atoms with Gasteiger partial charge >= 0.3 is 0 Å². The lowest BCUT2D eigenvalue weighted by Crippen LogP contribution is -1.68. The molecule has 0 aromatic heterocycles. The average Bonchev–Trinajstić information content (AvgIpc) is 2.17. The summed E-state index contributed by atoms with van der Waals surface area (Å²) in [5.74, 6) is 0.602. The largest absolute Gasteiger partial charge is 0.122 e. The van der Waals surface area contributed by atoms with Crippen LogP contribution in [0.2, 0.25) is 0 Å².